The Morgan fingerprint density at radius 3 is 2.65 bits per heavy atom. The van der Waals surface area contributed by atoms with E-state index in [4.69, 9.17) is 27.9 Å². The number of anilines is 1. The van der Waals surface area contributed by atoms with Crippen molar-refractivity contribution in [2.45, 2.75) is 31.8 Å². The fourth-order valence-corrected chi connectivity index (χ4v) is 3.01. The van der Waals surface area contributed by atoms with Crippen molar-refractivity contribution in [3.63, 3.8) is 0 Å². The molecule has 0 bridgehead atoms. The molecular formula is C17H16Cl2N2O2. The summed E-state index contributed by atoms with van der Waals surface area (Å²) in [7, 11) is 0. The third-order valence-corrected chi connectivity index (χ3v) is 4.28. The predicted octanol–water partition coefficient (Wildman–Crippen LogP) is 4.96. The van der Waals surface area contributed by atoms with Crippen molar-refractivity contribution in [3.8, 4) is 5.75 Å². The SMILES string of the molecule is O=C(Nc1ccc(OC2CCCC2)c(Cl)c1)c1ccnc(Cl)c1. The van der Waals surface area contributed by atoms with Crippen LogP contribution in [0.25, 0.3) is 0 Å². The van der Waals surface area contributed by atoms with Gasteiger partial charge in [0.1, 0.15) is 10.9 Å². The summed E-state index contributed by atoms with van der Waals surface area (Å²) in [4.78, 5) is 16.0. The van der Waals surface area contributed by atoms with Crippen LogP contribution in [0.3, 0.4) is 0 Å². The number of carbonyl (C=O) groups is 1. The molecule has 120 valence electrons. The average molecular weight is 351 g/mol. The molecular weight excluding hydrogens is 335 g/mol. The lowest BCUT2D eigenvalue weighted by molar-refractivity contribution is 0.102. The van der Waals surface area contributed by atoms with E-state index < -0.39 is 0 Å². The van der Waals surface area contributed by atoms with Gasteiger partial charge in [-0.25, -0.2) is 4.98 Å². The van der Waals surface area contributed by atoms with Crippen LogP contribution in [0.4, 0.5) is 5.69 Å². The molecule has 1 fully saturated rings. The van der Waals surface area contributed by atoms with Crippen molar-refractivity contribution in [2.75, 3.05) is 5.32 Å². The molecule has 0 radical (unpaired) electrons. The summed E-state index contributed by atoms with van der Waals surface area (Å²) >= 11 is 12.0. The first kappa shape index (κ1) is 16.1. The molecule has 6 heteroatoms. The Bertz CT molecular complexity index is 715. The van der Waals surface area contributed by atoms with E-state index >= 15 is 0 Å². The number of halogens is 2. The lowest BCUT2D eigenvalue weighted by Crippen LogP contribution is -2.13. The number of benzene rings is 1. The third-order valence-electron chi connectivity index (χ3n) is 3.77. The molecule has 1 saturated carbocycles. The summed E-state index contributed by atoms with van der Waals surface area (Å²) in [6.45, 7) is 0. The van der Waals surface area contributed by atoms with Gasteiger partial charge in [-0.1, -0.05) is 23.2 Å². The van der Waals surface area contributed by atoms with E-state index in [1.165, 1.54) is 25.1 Å². The van der Waals surface area contributed by atoms with Crippen molar-refractivity contribution in [2.24, 2.45) is 0 Å². The summed E-state index contributed by atoms with van der Waals surface area (Å²) in [5.74, 6) is 0.387. The van der Waals surface area contributed by atoms with Crippen molar-refractivity contribution < 1.29 is 9.53 Å². The first-order valence-corrected chi connectivity index (χ1v) is 8.26. The maximum absolute atomic E-state index is 12.2. The molecule has 2 aromatic rings. The number of ether oxygens (including phenoxy) is 1. The van der Waals surface area contributed by atoms with Gasteiger partial charge >= 0.3 is 0 Å². The Morgan fingerprint density at radius 1 is 1.17 bits per heavy atom. The van der Waals surface area contributed by atoms with Gasteiger partial charge in [-0.3, -0.25) is 4.79 Å². The highest BCUT2D eigenvalue weighted by atomic mass is 35.5. The predicted molar refractivity (Wildman–Crippen MR) is 91.5 cm³/mol. The zero-order valence-electron chi connectivity index (χ0n) is 12.4. The maximum Gasteiger partial charge on any atom is 0.255 e. The second kappa shape index (κ2) is 7.20. The van der Waals surface area contributed by atoms with E-state index in [9.17, 15) is 4.79 Å². The molecule has 0 aliphatic heterocycles. The minimum Gasteiger partial charge on any atom is -0.489 e. The van der Waals surface area contributed by atoms with Crippen LogP contribution < -0.4 is 10.1 Å². The number of nitrogens with one attached hydrogen (secondary N) is 1. The Labute approximate surface area is 144 Å². The van der Waals surface area contributed by atoms with Crippen molar-refractivity contribution >= 4 is 34.8 Å². The molecule has 1 N–H and O–H groups in total. The molecule has 1 heterocycles. The molecule has 0 spiro atoms. The topological polar surface area (TPSA) is 51.2 Å². The van der Waals surface area contributed by atoms with Crippen molar-refractivity contribution in [1.29, 1.82) is 0 Å². The third kappa shape index (κ3) is 4.15. The number of amides is 1. The molecule has 1 amide bonds. The number of aromatic nitrogens is 1. The van der Waals surface area contributed by atoms with Gasteiger partial charge in [0.25, 0.3) is 5.91 Å². The average Bonchev–Trinajstić information content (AvgIpc) is 3.03. The fraction of sp³-hybridized carbons (Fsp3) is 0.294. The highest BCUT2D eigenvalue weighted by molar-refractivity contribution is 6.32. The van der Waals surface area contributed by atoms with Crippen LogP contribution in [0.2, 0.25) is 10.2 Å². The molecule has 1 aliphatic rings. The number of carbonyl (C=O) groups excluding carboxylic acids is 1. The number of hydrogen-bond acceptors (Lipinski definition) is 3. The Hall–Kier alpha value is -1.78. The zero-order valence-corrected chi connectivity index (χ0v) is 13.9. The normalized spacial score (nSPS) is 14.7. The molecule has 0 unspecified atom stereocenters. The van der Waals surface area contributed by atoms with E-state index in [2.05, 4.69) is 10.3 Å². The lowest BCUT2D eigenvalue weighted by Gasteiger charge is -2.15. The van der Waals surface area contributed by atoms with Gasteiger partial charge in [0.05, 0.1) is 11.1 Å². The first-order valence-electron chi connectivity index (χ1n) is 7.51. The van der Waals surface area contributed by atoms with E-state index in [-0.39, 0.29) is 17.2 Å². The molecule has 4 nitrogen and oxygen atoms in total. The van der Waals surface area contributed by atoms with Crippen molar-refractivity contribution in [1.82, 2.24) is 4.98 Å². The second-order valence-corrected chi connectivity index (χ2v) is 6.29. The van der Waals surface area contributed by atoms with Crippen LogP contribution in [0.5, 0.6) is 5.75 Å². The minimum atomic E-state index is -0.269. The maximum atomic E-state index is 12.2. The second-order valence-electron chi connectivity index (χ2n) is 5.49. The molecule has 0 saturated heterocycles. The van der Waals surface area contributed by atoms with Gasteiger partial charge < -0.3 is 10.1 Å². The monoisotopic (exact) mass is 350 g/mol. The van der Waals surface area contributed by atoms with Crippen molar-refractivity contribution in [3.05, 3.63) is 52.3 Å². The van der Waals surface area contributed by atoms with Gasteiger partial charge in [-0.05, 0) is 56.0 Å². The summed E-state index contributed by atoms with van der Waals surface area (Å²) in [5.41, 5.74) is 1.04. The number of hydrogen-bond donors (Lipinski definition) is 1. The van der Waals surface area contributed by atoms with Crippen LogP contribution in [0, 0.1) is 0 Å². The smallest absolute Gasteiger partial charge is 0.255 e. The lowest BCUT2D eigenvalue weighted by atomic mass is 10.2. The Kier molecular flexibility index (Phi) is 5.03. The number of nitrogens with zero attached hydrogens (tertiary/aromatic N) is 1. The summed E-state index contributed by atoms with van der Waals surface area (Å²) in [5, 5.41) is 3.54. The van der Waals surface area contributed by atoms with Gasteiger partial charge in [-0.2, -0.15) is 0 Å². The number of rotatable bonds is 4. The Balaban J connectivity index is 1.68. The van der Waals surface area contributed by atoms with Crippen LogP contribution in [-0.2, 0) is 0 Å². The van der Waals surface area contributed by atoms with Crippen LogP contribution in [0.15, 0.2) is 36.5 Å². The van der Waals surface area contributed by atoms with Crippen LogP contribution in [-0.4, -0.2) is 17.0 Å². The minimum absolute atomic E-state index is 0.243. The van der Waals surface area contributed by atoms with E-state index in [0.29, 0.717) is 22.0 Å². The summed E-state index contributed by atoms with van der Waals surface area (Å²) in [6, 6.07) is 8.36. The van der Waals surface area contributed by atoms with Crippen LogP contribution in [0.1, 0.15) is 36.0 Å². The van der Waals surface area contributed by atoms with E-state index in [1.807, 2.05) is 0 Å². The van der Waals surface area contributed by atoms with Gasteiger partial charge in [0.2, 0.25) is 0 Å². The van der Waals surface area contributed by atoms with Gasteiger partial charge in [0.15, 0.2) is 0 Å². The zero-order chi connectivity index (χ0) is 16.2. The largest absolute Gasteiger partial charge is 0.489 e. The fourth-order valence-electron chi connectivity index (χ4n) is 2.61. The van der Waals surface area contributed by atoms with E-state index in [0.717, 1.165) is 12.8 Å². The molecule has 1 aliphatic carbocycles. The highest BCUT2D eigenvalue weighted by Crippen LogP contribution is 2.31. The summed E-state index contributed by atoms with van der Waals surface area (Å²) < 4.78 is 5.90. The first-order chi connectivity index (χ1) is 11.1. The molecule has 3 rings (SSSR count). The van der Waals surface area contributed by atoms with Gasteiger partial charge in [-0.15, -0.1) is 0 Å². The quantitative estimate of drug-likeness (QED) is 0.792. The molecule has 23 heavy (non-hydrogen) atoms. The number of pyridine rings is 1. The molecule has 0 atom stereocenters. The van der Waals surface area contributed by atoms with Crippen LogP contribution >= 0.6 is 23.2 Å². The molecule has 1 aromatic heterocycles. The summed E-state index contributed by atoms with van der Waals surface area (Å²) in [6.07, 6.45) is 6.26. The standard InChI is InChI=1S/C17H16Cl2N2O2/c18-14-10-12(5-6-15(14)23-13-3-1-2-4-13)21-17(22)11-7-8-20-16(19)9-11/h5-10,13H,1-4H2,(H,21,22). The molecule has 1 aromatic carbocycles. The van der Waals surface area contributed by atoms with Gasteiger partial charge in [0, 0.05) is 17.4 Å². The van der Waals surface area contributed by atoms with E-state index in [1.54, 1.807) is 24.3 Å². The highest BCUT2D eigenvalue weighted by Gasteiger charge is 2.18. The Morgan fingerprint density at radius 2 is 1.96 bits per heavy atom.